The third kappa shape index (κ3) is 11.7. The van der Waals surface area contributed by atoms with Crippen molar-refractivity contribution in [3.63, 3.8) is 0 Å². The van der Waals surface area contributed by atoms with Crippen LogP contribution in [0.2, 0.25) is 0 Å². The Morgan fingerprint density at radius 3 is 2.56 bits per heavy atom. The van der Waals surface area contributed by atoms with Crippen molar-refractivity contribution in [1.29, 1.82) is 0 Å². The molecule has 0 aliphatic carbocycles. The molecule has 0 saturated heterocycles. The number of unbranched alkanes of at least 4 members (excludes halogenated alkanes) is 1. The van der Waals surface area contributed by atoms with Crippen molar-refractivity contribution in [3.05, 3.63) is 12.2 Å². The molecule has 0 radical (unpaired) electrons. The first-order valence-electron chi connectivity index (χ1n) is 2.65. The van der Waals surface area contributed by atoms with Crippen molar-refractivity contribution < 1.29 is 39.5 Å². The molecular formula is C6H9NaO2. The minimum absolute atomic E-state index is 0. The van der Waals surface area contributed by atoms with E-state index in [0.717, 1.165) is 18.9 Å². The molecule has 0 fully saturated rings. The number of carboxylic acids is 1. The molecule has 0 aromatic carbocycles. The molecule has 0 aliphatic heterocycles. The second kappa shape index (κ2) is 8.21. The van der Waals surface area contributed by atoms with Gasteiger partial charge in [-0.2, -0.15) is 0 Å². The van der Waals surface area contributed by atoms with E-state index in [9.17, 15) is 9.90 Å². The fourth-order valence-electron chi connectivity index (χ4n) is 0.346. The fourth-order valence-corrected chi connectivity index (χ4v) is 0.346. The minimum atomic E-state index is -1.11. The number of allylic oxidation sites excluding steroid dienone is 1. The van der Waals surface area contributed by atoms with Gasteiger partial charge in [-0.15, -0.1) is 0 Å². The molecule has 0 aromatic rings. The zero-order chi connectivity index (χ0) is 6.41. The second-order valence-corrected chi connectivity index (χ2v) is 1.51. The predicted molar refractivity (Wildman–Crippen MR) is 29.1 cm³/mol. The topological polar surface area (TPSA) is 40.1 Å². The fraction of sp³-hybridized carbons (Fsp3) is 0.500. The number of aliphatic carboxylic acids is 1. The van der Waals surface area contributed by atoms with Gasteiger partial charge in [0.15, 0.2) is 0 Å². The van der Waals surface area contributed by atoms with Gasteiger partial charge in [0.05, 0.1) is 5.97 Å². The Morgan fingerprint density at radius 2 is 2.22 bits per heavy atom. The van der Waals surface area contributed by atoms with E-state index in [1.807, 2.05) is 6.92 Å². The Balaban J connectivity index is 0. The van der Waals surface area contributed by atoms with Crippen molar-refractivity contribution >= 4 is 5.97 Å². The van der Waals surface area contributed by atoms with Crippen molar-refractivity contribution in [3.8, 4) is 0 Å². The van der Waals surface area contributed by atoms with Crippen LogP contribution in [0.5, 0.6) is 0 Å². The Hall–Kier alpha value is 0.210. The molecule has 0 bridgehead atoms. The van der Waals surface area contributed by atoms with E-state index < -0.39 is 5.97 Å². The van der Waals surface area contributed by atoms with E-state index in [-0.39, 0.29) is 29.6 Å². The van der Waals surface area contributed by atoms with Crippen LogP contribution in [0.4, 0.5) is 0 Å². The summed E-state index contributed by atoms with van der Waals surface area (Å²) in [4.78, 5) is 9.68. The average molecular weight is 136 g/mol. The van der Waals surface area contributed by atoms with Crippen LogP contribution in [0.3, 0.4) is 0 Å². The Bertz CT molecular complexity index is 99.2. The van der Waals surface area contributed by atoms with Gasteiger partial charge in [-0.05, 0) is 12.5 Å². The molecule has 0 rings (SSSR count). The predicted octanol–water partition coefficient (Wildman–Crippen LogP) is -2.90. The average Bonchev–Trinajstić information content (AvgIpc) is 1.66. The number of carbonyl (C=O) groups is 1. The Morgan fingerprint density at radius 1 is 1.67 bits per heavy atom. The molecule has 3 heteroatoms. The van der Waals surface area contributed by atoms with Crippen LogP contribution >= 0.6 is 0 Å². The SMILES string of the molecule is CCCC=CC(=O)[O-].[Na+]. The van der Waals surface area contributed by atoms with E-state index >= 15 is 0 Å². The molecule has 0 saturated carbocycles. The summed E-state index contributed by atoms with van der Waals surface area (Å²) in [7, 11) is 0. The van der Waals surface area contributed by atoms with Gasteiger partial charge < -0.3 is 9.90 Å². The largest absolute Gasteiger partial charge is 1.00 e. The van der Waals surface area contributed by atoms with Crippen LogP contribution in [0.15, 0.2) is 12.2 Å². The quantitative estimate of drug-likeness (QED) is 0.308. The third-order valence-corrected chi connectivity index (χ3v) is 0.709. The van der Waals surface area contributed by atoms with Crippen LogP contribution in [-0.4, -0.2) is 5.97 Å². The molecule has 0 spiro atoms. The van der Waals surface area contributed by atoms with Crippen molar-refractivity contribution in [2.45, 2.75) is 19.8 Å². The maximum Gasteiger partial charge on any atom is 1.00 e. The third-order valence-electron chi connectivity index (χ3n) is 0.709. The first-order valence-corrected chi connectivity index (χ1v) is 2.65. The number of rotatable bonds is 3. The molecule has 0 atom stereocenters. The summed E-state index contributed by atoms with van der Waals surface area (Å²) in [6.07, 6.45) is 4.44. The van der Waals surface area contributed by atoms with Crippen molar-refractivity contribution in [1.82, 2.24) is 0 Å². The Labute approximate surface area is 77.2 Å². The number of hydrogen-bond acceptors (Lipinski definition) is 2. The van der Waals surface area contributed by atoms with Gasteiger partial charge in [0, 0.05) is 0 Å². The van der Waals surface area contributed by atoms with E-state index in [1.54, 1.807) is 6.08 Å². The maximum atomic E-state index is 9.68. The Kier molecular flexibility index (Phi) is 10.9. The number of hydrogen-bond donors (Lipinski definition) is 0. The maximum absolute atomic E-state index is 9.68. The summed E-state index contributed by atoms with van der Waals surface area (Å²) in [5.41, 5.74) is 0. The van der Waals surface area contributed by atoms with Crippen LogP contribution in [0.25, 0.3) is 0 Å². The summed E-state index contributed by atoms with van der Waals surface area (Å²) in [5, 5.41) is 9.68. The zero-order valence-corrected chi connectivity index (χ0v) is 7.89. The normalized spacial score (nSPS) is 9.00. The van der Waals surface area contributed by atoms with Crippen molar-refractivity contribution in [2.24, 2.45) is 0 Å². The van der Waals surface area contributed by atoms with E-state index in [0.29, 0.717) is 0 Å². The molecule has 0 aromatic heterocycles. The molecule has 0 unspecified atom stereocenters. The smallest absolute Gasteiger partial charge is 0.545 e. The molecule has 0 amide bonds. The van der Waals surface area contributed by atoms with E-state index in [1.165, 1.54) is 0 Å². The number of carbonyl (C=O) groups excluding carboxylic acids is 1. The van der Waals surface area contributed by atoms with Crippen LogP contribution in [-0.2, 0) is 4.79 Å². The van der Waals surface area contributed by atoms with Gasteiger partial charge in [-0.1, -0.05) is 19.4 Å². The molecule has 0 heterocycles. The molecular weight excluding hydrogens is 127 g/mol. The second-order valence-electron chi connectivity index (χ2n) is 1.51. The van der Waals surface area contributed by atoms with Crippen LogP contribution in [0, 0.1) is 0 Å². The van der Waals surface area contributed by atoms with E-state index in [4.69, 9.17) is 0 Å². The van der Waals surface area contributed by atoms with Crippen LogP contribution < -0.4 is 34.7 Å². The van der Waals surface area contributed by atoms with Crippen LogP contribution in [0.1, 0.15) is 19.8 Å². The molecule has 2 nitrogen and oxygen atoms in total. The summed E-state index contributed by atoms with van der Waals surface area (Å²) in [5.74, 6) is -1.11. The van der Waals surface area contributed by atoms with Gasteiger partial charge in [0.2, 0.25) is 0 Å². The van der Waals surface area contributed by atoms with Gasteiger partial charge in [0.1, 0.15) is 0 Å². The van der Waals surface area contributed by atoms with Gasteiger partial charge in [-0.3, -0.25) is 0 Å². The minimum Gasteiger partial charge on any atom is -0.545 e. The first-order chi connectivity index (χ1) is 3.77. The summed E-state index contributed by atoms with van der Waals surface area (Å²) >= 11 is 0. The van der Waals surface area contributed by atoms with Gasteiger partial charge in [-0.25, -0.2) is 0 Å². The number of carboxylic acid groups (broad SMARTS) is 1. The van der Waals surface area contributed by atoms with E-state index in [2.05, 4.69) is 0 Å². The molecule has 46 valence electrons. The summed E-state index contributed by atoms with van der Waals surface area (Å²) in [6.45, 7) is 1.99. The first kappa shape index (κ1) is 11.9. The summed E-state index contributed by atoms with van der Waals surface area (Å²) < 4.78 is 0. The van der Waals surface area contributed by atoms with Gasteiger partial charge >= 0.3 is 29.6 Å². The van der Waals surface area contributed by atoms with Crippen molar-refractivity contribution in [2.75, 3.05) is 0 Å². The molecule has 0 aliphatic rings. The molecule has 0 N–H and O–H groups in total. The van der Waals surface area contributed by atoms with Gasteiger partial charge in [0.25, 0.3) is 0 Å². The zero-order valence-electron chi connectivity index (χ0n) is 5.89. The monoisotopic (exact) mass is 136 g/mol. The summed E-state index contributed by atoms with van der Waals surface area (Å²) in [6, 6.07) is 0. The molecule has 9 heavy (non-hydrogen) atoms. The standard InChI is InChI=1S/C6H10O2.Na/c1-2-3-4-5-6(7)8;/h4-5H,2-3H2,1H3,(H,7,8);/q;+1/p-1.